The maximum Gasteiger partial charge on any atom is 0.254 e. The standard InChI is InChI=1S/C18H20N2O2.C6H6/c1-2-16(14-9-5-3-6-10-14)20(13-17(19)21)18(22)15-11-7-4-8-12-15;1-2-4-6-5-3-1/h3-12,16H,2,13H2,1H3,(H2,19,21);1-6H. The third kappa shape index (κ3) is 6.40. The van der Waals surface area contributed by atoms with E-state index < -0.39 is 5.91 Å². The molecule has 0 aliphatic heterocycles. The predicted molar refractivity (Wildman–Crippen MR) is 113 cm³/mol. The van der Waals surface area contributed by atoms with Crippen LogP contribution >= 0.6 is 0 Å². The lowest BCUT2D eigenvalue weighted by molar-refractivity contribution is -0.119. The van der Waals surface area contributed by atoms with Crippen molar-refractivity contribution < 1.29 is 9.59 Å². The maximum atomic E-state index is 12.8. The van der Waals surface area contributed by atoms with Crippen LogP contribution in [-0.4, -0.2) is 23.3 Å². The van der Waals surface area contributed by atoms with Crippen LogP contribution in [0.5, 0.6) is 0 Å². The van der Waals surface area contributed by atoms with Crippen LogP contribution in [0.1, 0.15) is 35.3 Å². The summed E-state index contributed by atoms with van der Waals surface area (Å²) in [7, 11) is 0. The molecule has 0 spiro atoms. The lowest BCUT2D eigenvalue weighted by Crippen LogP contribution is -2.41. The average molecular weight is 374 g/mol. The van der Waals surface area contributed by atoms with Crippen molar-refractivity contribution in [3.05, 3.63) is 108 Å². The van der Waals surface area contributed by atoms with Gasteiger partial charge in [-0.3, -0.25) is 9.59 Å². The van der Waals surface area contributed by atoms with Crippen molar-refractivity contribution in [3.8, 4) is 0 Å². The van der Waals surface area contributed by atoms with Gasteiger partial charge in [-0.25, -0.2) is 0 Å². The first-order valence-corrected chi connectivity index (χ1v) is 9.32. The third-order valence-corrected chi connectivity index (χ3v) is 4.22. The molecule has 0 heterocycles. The highest BCUT2D eigenvalue weighted by Gasteiger charge is 2.26. The summed E-state index contributed by atoms with van der Waals surface area (Å²) in [6.45, 7) is 1.89. The molecule has 0 aliphatic rings. The van der Waals surface area contributed by atoms with Crippen LogP contribution in [0.3, 0.4) is 0 Å². The molecule has 0 aliphatic carbocycles. The average Bonchev–Trinajstić information content (AvgIpc) is 2.76. The van der Waals surface area contributed by atoms with Gasteiger partial charge in [0.05, 0.1) is 6.04 Å². The molecule has 0 aromatic heterocycles. The zero-order valence-corrected chi connectivity index (χ0v) is 16.1. The number of hydrogen-bond donors (Lipinski definition) is 1. The van der Waals surface area contributed by atoms with Crippen LogP contribution in [0.25, 0.3) is 0 Å². The van der Waals surface area contributed by atoms with Crippen molar-refractivity contribution in [1.29, 1.82) is 0 Å². The Morgan fingerprint density at radius 1 is 0.786 bits per heavy atom. The molecule has 2 N–H and O–H groups in total. The Bertz CT molecular complexity index is 810. The Balaban J connectivity index is 0.000000397. The van der Waals surface area contributed by atoms with Crippen LogP contribution in [0.2, 0.25) is 0 Å². The van der Waals surface area contributed by atoms with E-state index in [1.165, 1.54) is 0 Å². The van der Waals surface area contributed by atoms with Crippen LogP contribution in [0.15, 0.2) is 97.1 Å². The fraction of sp³-hybridized carbons (Fsp3) is 0.167. The smallest absolute Gasteiger partial charge is 0.254 e. The number of hydrogen-bond acceptors (Lipinski definition) is 2. The molecule has 3 aromatic rings. The first-order valence-electron chi connectivity index (χ1n) is 9.32. The van der Waals surface area contributed by atoms with Crippen molar-refractivity contribution in [2.45, 2.75) is 19.4 Å². The molecular formula is C24H26N2O2. The highest BCUT2D eigenvalue weighted by Crippen LogP contribution is 2.25. The number of nitrogens with two attached hydrogens (primary N) is 1. The van der Waals surface area contributed by atoms with Gasteiger partial charge in [-0.1, -0.05) is 91.9 Å². The largest absolute Gasteiger partial charge is 0.368 e. The fourth-order valence-electron chi connectivity index (χ4n) is 2.93. The number of nitrogens with zero attached hydrogens (tertiary/aromatic N) is 1. The van der Waals surface area contributed by atoms with Crippen LogP contribution in [-0.2, 0) is 4.79 Å². The molecular weight excluding hydrogens is 348 g/mol. The zero-order valence-electron chi connectivity index (χ0n) is 16.1. The SMILES string of the molecule is CCC(c1ccccc1)N(CC(N)=O)C(=O)c1ccccc1.c1ccccc1. The van der Waals surface area contributed by atoms with E-state index in [0.717, 1.165) is 5.56 Å². The number of primary amides is 1. The third-order valence-electron chi connectivity index (χ3n) is 4.22. The minimum Gasteiger partial charge on any atom is -0.368 e. The van der Waals surface area contributed by atoms with Crippen LogP contribution in [0, 0.1) is 0 Å². The summed E-state index contributed by atoms with van der Waals surface area (Å²) in [4.78, 5) is 25.7. The molecule has 3 aromatic carbocycles. The molecule has 0 saturated carbocycles. The Morgan fingerprint density at radius 2 is 1.21 bits per heavy atom. The van der Waals surface area contributed by atoms with E-state index in [1.807, 2.05) is 79.7 Å². The minimum absolute atomic E-state index is 0.0961. The topological polar surface area (TPSA) is 63.4 Å². The molecule has 0 saturated heterocycles. The number of carbonyl (C=O) groups excluding carboxylic acids is 2. The van der Waals surface area contributed by atoms with E-state index in [-0.39, 0.29) is 18.5 Å². The molecule has 3 rings (SSSR count). The van der Waals surface area contributed by atoms with Crippen LogP contribution in [0.4, 0.5) is 0 Å². The lowest BCUT2D eigenvalue weighted by atomic mass is 10.0. The minimum atomic E-state index is -0.515. The highest BCUT2D eigenvalue weighted by molar-refractivity contribution is 5.96. The summed E-state index contributed by atoms with van der Waals surface area (Å²) in [5.41, 5.74) is 6.90. The maximum absolute atomic E-state index is 12.8. The second kappa shape index (κ2) is 11.3. The summed E-state index contributed by atoms with van der Waals surface area (Å²) >= 11 is 0. The van der Waals surface area contributed by atoms with E-state index in [1.54, 1.807) is 29.2 Å². The Labute approximate surface area is 166 Å². The second-order valence-electron chi connectivity index (χ2n) is 6.25. The molecule has 28 heavy (non-hydrogen) atoms. The first kappa shape index (κ1) is 20.9. The molecule has 4 nitrogen and oxygen atoms in total. The Kier molecular flexibility index (Phi) is 8.47. The molecule has 1 unspecified atom stereocenters. The summed E-state index contributed by atoms with van der Waals surface area (Å²) in [5, 5.41) is 0. The van der Waals surface area contributed by atoms with Gasteiger partial charge in [0, 0.05) is 5.56 Å². The first-order chi connectivity index (χ1) is 13.6. The molecule has 0 bridgehead atoms. The summed E-state index contributed by atoms with van der Waals surface area (Å²) in [6.07, 6.45) is 0.704. The molecule has 144 valence electrons. The van der Waals surface area contributed by atoms with Crippen molar-refractivity contribution in [2.24, 2.45) is 5.73 Å². The van der Waals surface area contributed by atoms with Gasteiger partial charge in [0.15, 0.2) is 0 Å². The molecule has 0 fully saturated rings. The summed E-state index contributed by atoms with van der Waals surface area (Å²) < 4.78 is 0. The monoisotopic (exact) mass is 374 g/mol. The van der Waals surface area contributed by atoms with Crippen molar-refractivity contribution in [3.63, 3.8) is 0 Å². The molecule has 1 atom stereocenters. The fourth-order valence-corrected chi connectivity index (χ4v) is 2.93. The van der Waals surface area contributed by atoms with E-state index in [0.29, 0.717) is 12.0 Å². The zero-order chi connectivity index (χ0) is 20.2. The van der Waals surface area contributed by atoms with Crippen LogP contribution < -0.4 is 5.73 Å². The van der Waals surface area contributed by atoms with E-state index in [9.17, 15) is 9.59 Å². The van der Waals surface area contributed by atoms with Gasteiger partial charge in [0.1, 0.15) is 6.54 Å². The normalized spacial score (nSPS) is 10.9. The molecule has 4 heteroatoms. The van der Waals surface area contributed by atoms with Crippen molar-refractivity contribution in [2.75, 3.05) is 6.54 Å². The summed E-state index contributed by atoms with van der Waals surface area (Å²) in [5.74, 6) is -0.700. The van der Waals surface area contributed by atoms with E-state index in [4.69, 9.17) is 5.73 Å². The van der Waals surface area contributed by atoms with Gasteiger partial charge >= 0.3 is 0 Å². The Morgan fingerprint density at radius 3 is 1.64 bits per heavy atom. The lowest BCUT2D eigenvalue weighted by Gasteiger charge is -2.30. The van der Waals surface area contributed by atoms with Gasteiger partial charge in [0.2, 0.25) is 5.91 Å². The molecule has 2 amide bonds. The van der Waals surface area contributed by atoms with Gasteiger partial charge < -0.3 is 10.6 Å². The Hall–Kier alpha value is -3.40. The van der Waals surface area contributed by atoms with E-state index >= 15 is 0 Å². The number of carbonyl (C=O) groups is 2. The number of amides is 2. The van der Waals surface area contributed by atoms with E-state index in [2.05, 4.69) is 0 Å². The van der Waals surface area contributed by atoms with Crippen molar-refractivity contribution in [1.82, 2.24) is 4.90 Å². The summed E-state index contributed by atoms with van der Waals surface area (Å²) in [6, 6.07) is 30.5. The van der Waals surface area contributed by atoms with Gasteiger partial charge in [0.25, 0.3) is 5.91 Å². The predicted octanol–water partition coefficient (Wildman–Crippen LogP) is 4.45. The van der Waals surface area contributed by atoms with Crippen molar-refractivity contribution >= 4 is 11.8 Å². The van der Waals surface area contributed by atoms with Gasteiger partial charge in [-0.05, 0) is 24.1 Å². The number of rotatable bonds is 6. The number of benzene rings is 3. The van der Waals surface area contributed by atoms with Gasteiger partial charge in [-0.2, -0.15) is 0 Å². The second-order valence-corrected chi connectivity index (χ2v) is 6.25. The quantitative estimate of drug-likeness (QED) is 0.693. The van der Waals surface area contributed by atoms with Gasteiger partial charge in [-0.15, -0.1) is 0 Å². The highest BCUT2D eigenvalue weighted by atomic mass is 16.2. The molecule has 0 radical (unpaired) electrons.